The fourth-order valence-electron chi connectivity index (χ4n) is 1.82. The van der Waals surface area contributed by atoms with Crippen LogP contribution in [0.2, 0.25) is 0 Å². The highest BCUT2D eigenvalue weighted by atomic mass is 16.5. The van der Waals surface area contributed by atoms with Crippen LogP contribution in [0.15, 0.2) is 24.3 Å². The maximum atomic E-state index is 12.2. The molecule has 20 heavy (non-hydrogen) atoms. The molecule has 3 N–H and O–H groups in total. The van der Waals surface area contributed by atoms with E-state index in [0.717, 1.165) is 4.90 Å². The second-order valence-electron chi connectivity index (χ2n) is 4.30. The molecule has 1 aromatic carbocycles. The molecule has 0 aromatic heterocycles. The topological polar surface area (TPSA) is 89.9 Å². The highest BCUT2D eigenvalue weighted by molar-refractivity contribution is 5.97. The van der Waals surface area contributed by atoms with Crippen LogP contribution in [0.1, 0.15) is 22.8 Å². The molecule has 0 heterocycles. The van der Waals surface area contributed by atoms with Crippen LogP contribution in [0.5, 0.6) is 0 Å². The Morgan fingerprint density at radius 3 is 2.30 bits per heavy atom. The Bertz CT molecular complexity index is 531. The molecule has 0 spiro atoms. The Morgan fingerprint density at radius 2 is 1.90 bits per heavy atom. The number of nitrogens with one attached hydrogen (secondary N) is 1. The number of carbonyl (C=O) groups excluding carboxylic acids is 2. The highest BCUT2D eigenvalue weighted by Crippen LogP contribution is 2.11. The van der Waals surface area contributed by atoms with Crippen molar-refractivity contribution in [1.29, 1.82) is 0 Å². The van der Waals surface area contributed by atoms with Crippen LogP contribution in [0.25, 0.3) is 0 Å². The van der Waals surface area contributed by atoms with Gasteiger partial charge >= 0.3 is 0 Å². The lowest BCUT2D eigenvalue weighted by atomic mass is 10.1. The molecule has 1 aromatic rings. The van der Waals surface area contributed by atoms with Gasteiger partial charge in [0.1, 0.15) is 6.04 Å². The lowest BCUT2D eigenvalue weighted by Gasteiger charge is -2.28. The summed E-state index contributed by atoms with van der Waals surface area (Å²) in [5.41, 5.74) is 2.38. The predicted molar refractivity (Wildman–Crippen MR) is 71.9 cm³/mol. The fraction of sp³-hybridized carbons (Fsp3) is 0.286. The summed E-state index contributed by atoms with van der Waals surface area (Å²) in [4.78, 5) is 24.8. The number of hydrogen-bond acceptors (Lipinski definition) is 4. The maximum Gasteiger partial charge on any atom is 0.268 e. The van der Waals surface area contributed by atoms with Crippen LogP contribution in [0.3, 0.4) is 0 Å². The second kappa shape index (κ2) is 6.70. The summed E-state index contributed by atoms with van der Waals surface area (Å²) in [6.07, 6.45) is 4.08. The number of aliphatic hydroxyl groups is 1. The molecule has 2 atom stereocenters. The van der Waals surface area contributed by atoms with Crippen molar-refractivity contribution in [2.45, 2.75) is 19.1 Å². The normalized spacial score (nSPS) is 12.9. The number of rotatable bonds is 4. The van der Waals surface area contributed by atoms with E-state index < -0.39 is 24.0 Å². The van der Waals surface area contributed by atoms with Crippen LogP contribution >= 0.6 is 0 Å². The van der Waals surface area contributed by atoms with Gasteiger partial charge in [-0.2, -0.15) is 0 Å². The number of nitrogens with zero attached hydrogens (tertiary/aromatic N) is 1. The number of hydroxylamine groups is 1. The summed E-state index contributed by atoms with van der Waals surface area (Å²) in [5.74, 6) is 1.09. The first-order valence-electron chi connectivity index (χ1n) is 5.88. The van der Waals surface area contributed by atoms with Crippen LogP contribution in [-0.2, 0) is 4.79 Å². The lowest BCUT2D eigenvalue weighted by Crippen LogP contribution is -2.52. The van der Waals surface area contributed by atoms with Gasteiger partial charge < -0.3 is 10.0 Å². The minimum Gasteiger partial charge on any atom is -0.391 e. The smallest absolute Gasteiger partial charge is 0.268 e. The molecule has 106 valence electrons. The van der Waals surface area contributed by atoms with Crippen molar-refractivity contribution in [3.05, 3.63) is 35.4 Å². The molecule has 0 bridgehead atoms. The first kappa shape index (κ1) is 15.7. The lowest BCUT2D eigenvalue weighted by molar-refractivity contribution is -0.137. The first-order chi connectivity index (χ1) is 9.42. The quantitative estimate of drug-likeness (QED) is 0.410. The minimum atomic E-state index is -1.19. The molecule has 0 aliphatic heterocycles. The summed E-state index contributed by atoms with van der Waals surface area (Å²) < 4.78 is 0. The Morgan fingerprint density at radius 1 is 1.35 bits per heavy atom. The zero-order valence-corrected chi connectivity index (χ0v) is 11.2. The van der Waals surface area contributed by atoms with E-state index in [2.05, 4.69) is 5.92 Å². The SMILES string of the molecule is C#Cc1ccc(C(=O)N(C)[C@H](C(=O)NO)[C@@H](C)O)cc1. The van der Waals surface area contributed by atoms with Crippen LogP contribution < -0.4 is 5.48 Å². The van der Waals surface area contributed by atoms with Gasteiger partial charge in [-0.15, -0.1) is 6.42 Å². The van der Waals surface area contributed by atoms with Gasteiger partial charge in [0, 0.05) is 18.2 Å². The fourth-order valence-corrected chi connectivity index (χ4v) is 1.82. The van der Waals surface area contributed by atoms with Crippen LogP contribution in [0, 0.1) is 12.3 Å². The number of terminal acetylenes is 1. The molecule has 1 rings (SSSR count). The average molecular weight is 276 g/mol. The molecule has 0 fully saturated rings. The third kappa shape index (κ3) is 3.35. The Hall–Kier alpha value is -2.36. The van der Waals surface area contributed by atoms with E-state index in [0.29, 0.717) is 11.1 Å². The third-order valence-electron chi connectivity index (χ3n) is 2.87. The van der Waals surface area contributed by atoms with Gasteiger partial charge in [-0.25, -0.2) is 5.48 Å². The number of benzene rings is 1. The van der Waals surface area contributed by atoms with Crippen molar-refractivity contribution in [3.63, 3.8) is 0 Å². The third-order valence-corrected chi connectivity index (χ3v) is 2.87. The van der Waals surface area contributed by atoms with E-state index >= 15 is 0 Å². The van der Waals surface area contributed by atoms with Crippen molar-refractivity contribution >= 4 is 11.8 Å². The van der Waals surface area contributed by atoms with Gasteiger partial charge in [-0.1, -0.05) is 5.92 Å². The van der Waals surface area contributed by atoms with Gasteiger partial charge in [-0.3, -0.25) is 14.8 Å². The van der Waals surface area contributed by atoms with Gasteiger partial charge in [-0.05, 0) is 31.2 Å². The average Bonchev–Trinajstić information content (AvgIpc) is 2.46. The second-order valence-corrected chi connectivity index (χ2v) is 4.30. The molecular weight excluding hydrogens is 260 g/mol. The van der Waals surface area contributed by atoms with Crippen molar-refractivity contribution < 1.29 is 19.9 Å². The van der Waals surface area contributed by atoms with Gasteiger partial charge in [0.25, 0.3) is 11.8 Å². The highest BCUT2D eigenvalue weighted by Gasteiger charge is 2.31. The van der Waals surface area contributed by atoms with Crippen LogP contribution in [-0.4, -0.2) is 46.2 Å². The van der Waals surface area contributed by atoms with E-state index in [-0.39, 0.29) is 0 Å². The van der Waals surface area contributed by atoms with Gasteiger partial charge in [0.15, 0.2) is 0 Å². The van der Waals surface area contributed by atoms with E-state index in [1.807, 2.05) is 0 Å². The molecule has 0 aliphatic carbocycles. The Labute approximate surface area is 117 Å². The van der Waals surface area contributed by atoms with Crippen molar-refractivity contribution in [2.75, 3.05) is 7.05 Å². The molecule has 0 saturated carbocycles. The largest absolute Gasteiger partial charge is 0.391 e. The molecule has 6 nitrogen and oxygen atoms in total. The standard InChI is InChI=1S/C14H16N2O4/c1-4-10-5-7-11(8-6-10)14(19)16(3)12(9(2)17)13(18)15-20/h1,5-9,12,17,20H,2-3H3,(H,15,18)/t9-,12+/m1/s1. The molecule has 6 heteroatoms. The van der Waals surface area contributed by atoms with E-state index in [9.17, 15) is 14.7 Å². The maximum absolute atomic E-state index is 12.2. The number of aliphatic hydroxyl groups excluding tert-OH is 1. The first-order valence-corrected chi connectivity index (χ1v) is 5.88. The molecular formula is C14H16N2O4. The van der Waals surface area contributed by atoms with Gasteiger partial charge in [0.05, 0.1) is 6.10 Å². The summed E-state index contributed by atoms with van der Waals surface area (Å²) in [5, 5.41) is 18.2. The zero-order chi connectivity index (χ0) is 15.3. The molecule has 0 aliphatic rings. The predicted octanol–water partition coefficient (Wildman–Crippen LogP) is -0.00530. The van der Waals surface area contributed by atoms with Crippen LogP contribution in [0.4, 0.5) is 0 Å². The summed E-state index contributed by atoms with van der Waals surface area (Å²) in [6, 6.07) is 5.07. The molecule has 0 radical (unpaired) electrons. The minimum absolute atomic E-state index is 0.322. The van der Waals surface area contributed by atoms with E-state index in [1.165, 1.54) is 31.6 Å². The Kier molecular flexibility index (Phi) is 5.26. The number of hydrogen-bond donors (Lipinski definition) is 3. The van der Waals surface area contributed by atoms with Crippen molar-refractivity contribution in [2.24, 2.45) is 0 Å². The Balaban J connectivity index is 2.99. The number of likely N-dealkylation sites (N-methyl/N-ethyl adjacent to an activating group) is 1. The van der Waals surface area contributed by atoms with E-state index in [4.69, 9.17) is 11.6 Å². The number of amides is 2. The molecule has 2 amide bonds. The monoisotopic (exact) mass is 276 g/mol. The molecule has 0 unspecified atom stereocenters. The van der Waals surface area contributed by atoms with Crippen molar-refractivity contribution in [3.8, 4) is 12.3 Å². The van der Waals surface area contributed by atoms with E-state index in [1.54, 1.807) is 12.1 Å². The number of carbonyl (C=O) groups is 2. The summed E-state index contributed by atoms with van der Waals surface area (Å²) >= 11 is 0. The zero-order valence-electron chi connectivity index (χ0n) is 11.2. The summed E-state index contributed by atoms with van der Waals surface area (Å²) in [7, 11) is 1.37. The molecule has 0 saturated heterocycles. The van der Waals surface area contributed by atoms with Crippen molar-refractivity contribution in [1.82, 2.24) is 10.4 Å². The van der Waals surface area contributed by atoms with Gasteiger partial charge in [0.2, 0.25) is 0 Å². The summed E-state index contributed by atoms with van der Waals surface area (Å²) in [6.45, 7) is 1.35.